The highest BCUT2D eigenvalue weighted by Gasteiger charge is 1.93. The van der Waals surface area contributed by atoms with E-state index in [2.05, 4.69) is 6.58 Å². The number of anilines is 1. The summed E-state index contributed by atoms with van der Waals surface area (Å²) in [7, 11) is 0. The Kier molecular flexibility index (Phi) is 4.61. The summed E-state index contributed by atoms with van der Waals surface area (Å²) in [5.41, 5.74) is 6.91. The van der Waals surface area contributed by atoms with Gasteiger partial charge in [-0.3, -0.25) is 0 Å². The zero-order valence-corrected chi connectivity index (χ0v) is 7.54. The Hall–Kier alpha value is -1.44. The van der Waals surface area contributed by atoms with E-state index in [9.17, 15) is 0 Å². The van der Waals surface area contributed by atoms with E-state index in [1.54, 1.807) is 24.3 Å². The minimum atomic E-state index is 0.212. The highest BCUT2D eigenvalue weighted by atomic mass is 16.3. The molecule has 0 aromatic heterocycles. The summed E-state index contributed by atoms with van der Waals surface area (Å²) >= 11 is 0. The first-order valence-corrected chi connectivity index (χ1v) is 3.95. The molecule has 12 heavy (non-hydrogen) atoms. The van der Waals surface area contributed by atoms with Crippen LogP contribution in [0.4, 0.5) is 5.69 Å². The molecule has 0 aliphatic carbocycles. The van der Waals surface area contributed by atoms with Crippen molar-refractivity contribution in [2.24, 2.45) is 0 Å². The smallest absolute Gasteiger partial charge is 0.116 e. The Balaban J connectivity index is 0.000000561. The van der Waals surface area contributed by atoms with E-state index in [1.165, 1.54) is 0 Å². The number of nitrogens with two attached hydrogens (primary N) is 1. The Morgan fingerprint density at radius 2 is 2.00 bits per heavy atom. The van der Waals surface area contributed by atoms with Gasteiger partial charge in [0, 0.05) is 11.3 Å². The van der Waals surface area contributed by atoms with Crippen LogP contribution in [-0.2, 0) is 0 Å². The molecule has 1 aromatic rings. The number of hydrogen-bond acceptors (Lipinski definition) is 2. The van der Waals surface area contributed by atoms with Crippen LogP contribution in [0.2, 0.25) is 0 Å². The summed E-state index contributed by atoms with van der Waals surface area (Å²) in [6.07, 6.45) is 1.61. The number of hydrogen-bond donors (Lipinski definition) is 2. The number of rotatable bonds is 1. The van der Waals surface area contributed by atoms with Crippen molar-refractivity contribution >= 4 is 11.8 Å². The van der Waals surface area contributed by atoms with Crippen molar-refractivity contribution in [1.82, 2.24) is 0 Å². The van der Waals surface area contributed by atoms with Crippen molar-refractivity contribution < 1.29 is 5.11 Å². The minimum absolute atomic E-state index is 0.212. The maximum Gasteiger partial charge on any atom is 0.116 e. The lowest BCUT2D eigenvalue weighted by atomic mass is 10.2. The predicted octanol–water partition coefficient (Wildman–Crippen LogP) is 2.64. The lowest BCUT2D eigenvalue weighted by Gasteiger charge is -1.98. The summed E-state index contributed by atoms with van der Waals surface area (Å²) < 4.78 is 0. The van der Waals surface area contributed by atoms with E-state index < -0.39 is 0 Å². The Morgan fingerprint density at radius 1 is 1.42 bits per heavy atom. The number of aromatic hydroxyl groups is 1. The third kappa shape index (κ3) is 2.66. The molecule has 0 fully saturated rings. The molecule has 1 rings (SSSR count). The number of nitrogen functional groups attached to an aromatic ring is 1. The molecule has 0 aliphatic heterocycles. The second-order valence-corrected chi connectivity index (χ2v) is 2.02. The van der Waals surface area contributed by atoms with Crippen molar-refractivity contribution in [1.29, 1.82) is 0 Å². The highest BCUT2D eigenvalue weighted by Crippen LogP contribution is 2.18. The molecule has 2 heteroatoms. The Morgan fingerprint density at radius 3 is 2.42 bits per heavy atom. The van der Waals surface area contributed by atoms with E-state index in [0.29, 0.717) is 5.69 Å². The molecule has 2 nitrogen and oxygen atoms in total. The fourth-order valence-electron chi connectivity index (χ4n) is 0.739. The van der Waals surface area contributed by atoms with Crippen LogP contribution < -0.4 is 5.73 Å². The number of phenols is 1. The molecule has 0 radical (unpaired) electrons. The van der Waals surface area contributed by atoms with Gasteiger partial charge in [-0.15, -0.1) is 0 Å². The van der Waals surface area contributed by atoms with Crippen molar-refractivity contribution in [2.75, 3.05) is 5.73 Å². The van der Waals surface area contributed by atoms with Crippen LogP contribution in [0.3, 0.4) is 0 Å². The van der Waals surface area contributed by atoms with Crippen LogP contribution in [0.25, 0.3) is 6.08 Å². The van der Waals surface area contributed by atoms with Crippen LogP contribution >= 0.6 is 0 Å². The lowest BCUT2D eigenvalue weighted by Crippen LogP contribution is -1.87. The van der Waals surface area contributed by atoms with Gasteiger partial charge in [0.2, 0.25) is 0 Å². The quantitative estimate of drug-likeness (QED) is 0.496. The van der Waals surface area contributed by atoms with E-state index in [-0.39, 0.29) is 5.75 Å². The van der Waals surface area contributed by atoms with Gasteiger partial charge in [0.1, 0.15) is 5.75 Å². The highest BCUT2D eigenvalue weighted by molar-refractivity contribution is 5.64. The van der Waals surface area contributed by atoms with Gasteiger partial charge in [-0.25, -0.2) is 0 Å². The monoisotopic (exact) mass is 165 g/mol. The molecule has 0 spiro atoms. The van der Waals surface area contributed by atoms with E-state index in [4.69, 9.17) is 10.8 Å². The summed E-state index contributed by atoms with van der Waals surface area (Å²) in [4.78, 5) is 0. The standard InChI is InChI=1S/C8H9NO.C2H6/c1-2-6-5-7(10)3-4-8(6)9;1-2/h2-5,10H,1,9H2;1-2H3. The van der Waals surface area contributed by atoms with Crippen LogP contribution in [0.5, 0.6) is 5.75 Å². The molecule has 0 bridgehead atoms. The largest absolute Gasteiger partial charge is 0.508 e. The van der Waals surface area contributed by atoms with Gasteiger partial charge in [0.05, 0.1) is 0 Å². The van der Waals surface area contributed by atoms with Gasteiger partial charge >= 0.3 is 0 Å². The average Bonchev–Trinajstić information content (AvgIpc) is 2.13. The Bertz CT molecular complexity index is 256. The fraction of sp³-hybridized carbons (Fsp3) is 0.200. The van der Waals surface area contributed by atoms with Crippen molar-refractivity contribution in [3.63, 3.8) is 0 Å². The maximum absolute atomic E-state index is 8.97. The van der Waals surface area contributed by atoms with Crippen LogP contribution in [0.15, 0.2) is 24.8 Å². The molecule has 3 N–H and O–H groups in total. The second-order valence-electron chi connectivity index (χ2n) is 2.02. The topological polar surface area (TPSA) is 46.2 Å². The molecular weight excluding hydrogens is 150 g/mol. The SMILES string of the molecule is C=Cc1cc(O)ccc1N.CC. The van der Waals surface area contributed by atoms with E-state index in [1.807, 2.05) is 13.8 Å². The third-order valence-corrected chi connectivity index (χ3v) is 1.29. The van der Waals surface area contributed by atoms with Gasteiger partial charge in [-0.1, -0.05) is 26.5 Å². The summed E-state index contributed by atoms with van der Waals surface area (Å²) in [5, 5.41) is 8.97. The number of phenolic OH excluding ortho intramolecular Hbond substituents is 1. The Labute approximate surface area is 73.3 Å². The fourth-order valence-corrected chi connectivity index (χ4v) is 0.739. The molecule has 0 saturated carbocycles. The van der Waals surface area contributed by atoms with Crippen molar-refractivity contribution in [2.45, 2.75) is 13.8 Å². The van der Waals surface area contributed by atoms with Gasteiger partial charge in [-0.05, 0) is 18.2 Å². The summed E-state index contributed by atoms with van der Waals surface area (Å²) in [6, 6.07) is 4.76. The third-order valence-electron chi connectivity index (χ3n) is 1.29. The molecule has 0 saturated heterocycles. The number of benzene rings is 1. The molecular formula is C10H15NO. The van der Waals surface area contributed by atoms with Gasteiger partial charge in [0.25, 0.3) is 0 Å². The lowest BCUT2D eigenvalue weighted by molar-refractivity contribution is 0.475. The first-order valence-electron chi connectivity index (χ1n) is 3.95. The van der Waals surface area contributed by atoms with Crippen LogP contribution in [0, 0.1) is 0 Å². The maximum atomic E-state index is 8.97. The molecule has 0 amide bonds. The van der Waals surface area contributed by atoms with Gasteiger partial charge in [-0.2, -0.15) is 0 Å². The van der Waals surface area contributed by atoms with E-state index >= 15 is 0 Å². The first kappa shape index (κ1) is 10.6. The summed E-state index contributed by atoms with van der Waals surface area (Å²) in [5.74, 6) is 0.212. The zero-order valence-electron chi connectivity index (χ0n) is 7.54. The average molecular weight is 165 g/mol. The first-order chi connectivity index (χ1) is 5.74. The van der Waals surface area contributed by atoms with Crippen LogP contribution in [0.1, 0.15) is 19.4 Å². The molecule has 0 unspecified atom stereocenters. The van der Waals surface area contributed by atoms with Crippen molar-refractivity contribution in [3.8, 4) is 5.75 Å². The van der Waals surface area contributed by atoms with Crippen LogP contribution in [-0.4, -0.2) is 5.11 Å². The minimum Gasteiger partial charge on any atom is -0.508 e. The molecule has 66 valence electrons. The molecule has 0 heterocycles. The van der Waals surface area contributed by atoms with E-state index in [0.717, 1.165) is 5.56 Å². The van der Waals surface area contributed by atoms with Gasteiger partial charge in [0.15, 0.2) is 0 Å². The summed E-state index contributed by atoms with van der Waals surface area (Å²) in [6.45, 7) is 7.54. The predicted molar refractivity (Wildman–Crippen MR) is 54.0 cm³/mol. The molecule has 0 atom stereocenters. The zero-order chi connectivity index (χ0) is 9.56. The second kappa shape index (κ2) is 5.24. The van der Waals surface area contributed by atoms with Gasteiger partial charge < -0.3 is 10.8 Å². The van der Waals surface area contributed by atoms with Crippen molar-refractivity contribution in [3.05, 3.63) is 30.3 Å². The normalized spacial score (nSPS) is 8.17. The molecule has 1 aromatic carbocycles. The molecule has 0 aliphatic rings.